The fourth-order valence-electron chi connectivity index (χ4n) is 1.60. The minimum atomic E-state index is -4.94. The van der Waals surface area contributed by atoms with E-state index in [4.69, 9.17) is 0 Å². The van der Waals surface area contributed by atoms with Crippen molar-refractivity contribution in [1.82, 2.24) is 4.98 Å². The molecule has 19 heavy (non-hydrogen) atoms. The maximum absolute atomic E-state index is 12.8. The van der Waals surface area contributed by atoms with Crippen molar-refractivity contribution in [3.63, 3.8) is 0 Å². The summed E-state index contributed by atoms with van der Waals surface area (Å²) in [4.78, 5) is 3.37. The second-order valence-electron chi connectivity index (χ2n) is 3.56. The number of hydrogen-bond donors (Lipinski definition) is 0. The van der Waals surface area contributed by atoms with Crippen LogP contribution < -0.4 is 0 Å². The standard InChI is InChI=1S/C11H5F6NO/c12-10(13,14)6-2-1-3-7(11(15,16)17)8(6)9-18-4-5-19-9/h1-5H. The highest BCUT2D eigenvalue weighted by Gasteiger charge is 2.42. The molecule has 0 aliphatic heterocycles. The predicted octanol–water partition coefficient (Wildman–Crippen LogP) is 4.38. The van der Waals surface area contributed by atoms with Crippen LogP contribution in [0, 0.1) is 0 Å². The zero-order valence-corrected chi connectivity index (χ0v) is 9.01. The SMILES string of the molecule is FC(F)(F)c1cccc(C(F)(F)F)c1-c1ncco1. The number of hydrogen-bond acceptors (Lipinski definition) is 2. The van der Waals surface area contributed by atoms with Crippen LogP contribution in [0.3, 0.4) is 0 Å². The van der Waals surface area contributed by atoms with Gasteiger partial charge in [0.05, 0.1) is 22.9 Å². The second kappa shape index (κ2) is 4.29. The van der Waals surface area contributed by atoms with Crippen molar-refractivity contribution in [2.24, 2.45) is 0 Å². The molecule has 0 saturated carbocycles. The molecule has 0 spiro atoms. The third-order valence-corrected chi connectivity index (χ3v) is 2.32. The van der Waals surface area contributed by atoms with Crippen molar-refractivity contribution in [2.45, 2.75) is 12.4 Å². The average molecular weight is 281 g/mol. The molecule has 0 saturated heterocycles. The van der Waals surface area contributed by atoms with Crippen LogP contribution in [0.4, 0.5) is 26.3 Å². The van der Waals surface area contributed by atoms with E-state index in [1.165, 1.54) is 0 Å². The van der Waals surface area contributed by atoms with E-state index in [0.29, 0.717) is 18.2 Å². The fraction of sp³-hybridized carbons (Fsp3) is 0.182. The highest BCUT2D eigenvalue weighted by Crippen LogP contribution is 2.43. The van der Waals surface area contributed by atoms with Crippen LogP contribution in [0.2, 0.25) is 0 Å². The minimum Gasteiger partial charge on any atom is -0.444 e. The molecule has 0 radical (unpaired) electrons. The summed E-state index contributed by atoms with van der Waals surface area (Å²) in [6.07, 6.45) is -8.00. The van der Waals surface area contributed by atoms with Crippen molar-refractivity contribution < 1.29 is 30.8 Å². The zero-order chi connectivity index (χ0) is 14.3. The van der Waals surface area contributed by atoms with E-state index in [2.05, 4.69) is 9.40 Å². The van der Waals surface area contributed by atoms with Crippen LogP contribution in [0.25, 0.3) is 11.5 Å². The number of alkyl halides is 6. The lowest BCUT2D eigenvalue weighted by Gasteiger charge is -2.16. The van der Waals surface area contributed by atoms with Crippen LogP contribution in [0.1, 0.15) is 11.1 Å². The van der Waals surface area contributed by atoms with Gasteiger partial charge in [-0.25, -0.2) is 4.98 Å². The first-order valence-electron chi connectivity index (χ1n) is 4.88. The van der Waals surface area contributed by atoms with E-state index in [9.17, 15) is 26.3 Å². The summed E-state index contributed by atoms with van der Waals surface area (Å²) >= 11 is 0. The Kier molecular flexibility index (Phi) is 3.03. The van der Waals surface area contributed by atoms with E-state index in [0.717, 1.165) is 12.5 Å². The van der Waals surface area contributed by atoms with Crippen LogP contribution in [0.5, 0.6) is 0 Å². The van der Waals surface area contributed by atoms with Crippen molar-refractivity contribution in [2.75, 3.05) is 0 Å². The Hall–Kier alpha value is -1.99. The molecule has 0 fully saturated rings. The van der Waals surface area contributed by atoms with Crippen molar-refractivity contribution >= 4 is 0 Å². The number of halogens is 6. The minimum absolute atomic E-state index is 0.550. The highest BCUT2D eigenvalue weighted by atomic mass is 19.4. The molecule has 1 aromatic carbocycles. The first-order chi connectivity index (χ1) is 8.71. The van der Waals surface area contributed by atoms with E-state index in [1.807, 2.05) is 0 Å². The molecule has 0 aliphatic rings. The third kappa shape index (κ3) is 2.56. The first kappa shape index (κ1) is 13.4. The topological polar surface area (TPSA) is 26.0 Å². The largest absolute Gasteiger partial charge is 0.444 e. The van der Waals surface area contributed by atoms with Crippen LogP contribution >= 0.6 is 0 Å². The molecular formula is C11H5F6NO. The molecule has 0 aliphatic carbocycles. The van der Waals surface area contributed by atoms with Gasteiger partial charge in [-0.1, -0.05) is 6.07 Å². The van der Waals surface area contributed by atoms with Gasteiger partial charge in [-0.2, -0.15) is 26.3 Å². The summed E-state index contributed by atoms with van der Waals surface area (Å²) in [5.41, 5.74) is -3.98. The molecule has 0 amide bonds. The third-order valence-electron chi connectivity index (χ3n) is 2.32. The van der Waals surface area contributed by atoms with Gasteiger partial charge >= 0.3 is 12.4 Å². The Morgan fingerprint density at radius 3 is 1.79 bits per heavy atom. The van der Waals surface area contributed by atoms with Gasteiger partial charge in [0.25, 0.3) is 0 Å². The molecule has 102 valence electrons. The quantitative estimate of drug-likeness (QED) is 0.725. The van der Waals surface area contributed by atoms with E-state index in [-0.39, 0.29) is 0 Å². The molecule has 2 aromatic rings. The molecule has 2 rings (SSSR count). The number of benzene rings is 1. The van der Waals surface area contributed by atoms with Crippen LogP contribution in [0.15, 0.2) is 35.1 Å². The molecule has 1 aromatic heterocycles. The smallest absolute Gasteiger partial charge is 0.417 e. The summed E-state index contributed by atoms with van der Waals surface area (Å²) < 4.78 is 81.2. The Balaban J connectivity index is 2.78. The zero-order valence-electron chi connectivity index (χ0n) is 9.01. The van der Waals surface area contributed by atoms with Gasteiger partial charge in [-0.3, -0.25) is 0 Å². The Labute approximate surface area is 102 Å². The maximum atomic E-state index is 12.8. The van der Waals surface area contributed by atoms with Gasteiger partial charge in [-0.05, 0) is 12.1 Å². The van der Waals surface area contributed by atoms with E-state index in [1.54, 1.807) is 0 Å². The number of rotatable bonds is 1. The molecule has 0 atom stereocenters. The lowest BCUT2D eigenvalue weighted by molar-refractivity contribution is -0.142. The first-order valence-corrected chi connectivity index (χ1v) is 4.88. The lowest BCUT2D eigenvalue weighted by atomic mass is 10.00. The Bertz CT molecular complexity index is 538. The normalized spacial score (nSPS) is 12.7. The Morgan fingerprint density at radius 1 is 0.895 bits per heavy atom. The number of nitrogens with zero attached hydrogens (tertiary/aromatic N) is 1. The monoisotopic (exact) mass is 281 g/mol. The highest BCUT2D eigenvalue weighted by molar-refractivity contribution is 5.65. The summed E-state index contributed by atoms with van der Waals surface area (Å²) in [6.45, 7) is 0. The van der Waals surface area contributed by atoms with E-state index >= 15 is 0 Å². The van der Waals surface area contributed by atoms with Crippen molar-refractivity contribution in [3.05, 3.63) is 41.8 Å². The summed E-state index contributed by atoms with van der Waals surface area (Å²) in [5.74, 6) is -0.722. The Morgan fingerprint density at radius 2 is 1.42 bits per heavy atom. The fourth-order valence-corrected chi connectivity index (χ4v) is 1.60. The van der Waals surface area contributed by atoms with Gasteiger partial charge in [0.2, 0.25) is 5.89 Å². The molecule has 0 bridgehead atoms. The van der Waals surface area contributed by atoms with Gasteiger partial charge < -0.3 is 4.42 Å². The summed E-state index contributed by atoms with van der Waals surface area (Å²) in [7, 11) is 0. The predicted molar refractivity (Wildman–Crippen MR) is 51.9 cm³/mol. The molecule has 0 N–H and O–H groups in total. The van der Waals surface area contributed by atoms with Crippen molar-refractivity contribution in [3.8, 4) is 11.5 Å². The van der Waals surface area contributed by atoms with Gasteiger partial charge in [0, 0.05) is 0 Å². The van der Waals surface area contributed by atoms with E-state index < -0.39 is 34.9 Å². The van der Waals surface area contributed by atoms with Gasteiger partial charge in [0.15, 0.2) is 0 Å². The maximum Gasteiger partial charge on any atom is 0.417 e. The summed E-state index contributed by atoms with van der Waals surface area (Å²) in [5, 5.41) is 0. The lowest BCUT2D eigenvalue weighted by Crippen LogP contribution is -2.14. The second-order valence-corrected chi connectivity index (χ2v) is 3.56. The number of oxazole rings is 1. The van der Waals surface area contributed by atoms with Crippen molar-refractivity contribution in [1.29, 1.82) is 0 Å². The van der Waals surface area contributed by atoms with Crippen LogP contribution in [-0.2, 0) is 12.4 Å². The molecule has 2 nitrogen and oxygen atoms in total. The molecular weight excluding hydrogens is 276 g/mol. The molecule has 1 heterocycles. The molecule has 0 unspecified atom stereocenters. The van der Waals surface area contributed by atoms with Gasteiger partial charge in [-0.15, -0.1) is 0 Å². The van der Waals surface area contributed by atoms with Crippen LogP contribution in [-0.4, -0.2) is 4.98 Å². The average Bonchev–Trinajstić information content (AvgIpc) is 2.78. The summed E-state index contributed by atoms with van der Waals surface area (Å²) in [6, 6.07) is 1.79. The molecule has 8 heteroatoms. The van der Waals surface area contributed by atoms with Gasteiger partial charge in [0.1, 0.15) is 6.26 Å². The number of aromatic nitrogens is 1.